The highest BCUT2D eigenvalue weighted by molar-refractivity contribution is 4.69. The second-order valence-corrected chi connectivity index (χ2v) is 3.28. The summed E-state index contributed by atoms with van der Waals surface area (Å²) in [6.07, 6.45) is -0.431. The average molecular weight is 190 g/mol. The molecular formula is C9H22N2O2. The molecule has 0 rings (SSSR count). The van der Waals surface area contributed by atoms with Gasteiger partial charge in [0.2, 0.25) is 0 Å². The van der Waals surface area contributed by atoms with Gasteiger partial charge >= 0.3 is 0 Å². The largest absolute Gasteiger partial charge is 0.390 e. The number of hydrogen-bond donors (Lipinski definition) is 2. The summed E-state index contributed by atoms with van der Waals surface area (Å²) in [4.78, 5) is 2.15. The molecule has 3 N–H and O–H groups in total. The molecule has 0 saturated carbocycles. The Hall–Kier alpha value is -0.160. The Labute approximate surface area is 80.7 Å². The van der Waals surface area contributed by atoms with Crippen LogP contribution in [0.4, 0.5) is 0 Å². The van der Waals surface area contributed by atoms with E-state index in [-0.39, 0.29) is 0 Å². The molecule has 0 spiro atoms. The normalized spacial score (nSPS) is 16.2. The maximum absolute atomic E-state index is 9.37. The van der Waals surface area contributed by atoms with Crippen LogP contribution < -0.4 is 5.73 Å². The number of methoxy groups -OCH3 is 1. The van der Waals surface area contributed by atoms with E-state index in [1.165, 1.54) is 0 Å². The molecule has 0 aromatic heterocycles. The van der Waals surface area contributed by atoms with Crippen LogP contribution in [0.1, 0.15) is 13.8 Å². The number of nitrogens with two attached hydrogens (primary N) is 1. The van der Waals surface area contributed by atoms with E-state index in [2.05, 4.69) is 18.7 Å². The number of aliphatic hydroxyl groups is 1. The fourth-order valence-corrected chi connectivity index (χ4v) is 1.31. The van der Waals surface area contributed by atoms with Gasteiger partial charge in [-0.25, -0.2) is 0 Å². The molecule has 0 saturated heterocycles. The predicted molar refractivity (Wildman–Crippen MR) is 53.6 cm³/mol. The molecule has 0 bridgehead atoms. The first-order valence-electron chi connectivity index (χ1n) is 4.76. The molecule has 0 aliphatic rings. The highest BCUT2D eigenvalue weighted by Gasteiger charge is 2.14. The number of ether oxygens (including phenoxy) is 1. The highest BCUT2D eigenvalue weighted by atomic mass is 16.5. The van der Waals surface area contributed by atoms with Gasteiger partial charge in [0.1, 0.15) is 0 Å². The van der Waals surface area contributed by atoms with Crippen LogP contribution in [-0.4, -0.2) is 55.5 Å². The van der Waals surface area contributed by atoms with Crippen LogP contribution in [0.15, 0.2) is 0 Å². The maximum atomic E-state index is 9.37. The van der Waals surface area contributed by atoms with Gasteiger partial charge in [-0.05, 0) is 13.5 Å². The molecule has 0 amide bonds. The molecule has 0 fully saturated rings. The molecule has 0 aliphatic carbocycles. The highest BCUT2D eigenvalue weighted by Crippen LogP contribution is 2.00. The van der Waals surface area contributed by atoms with Crippen molar-refractivity contribution < 1.29 is 9.84 Å². The number of likely N-dealkylation sites (N-methyl/N-ethyl adjacent to an activating group) is 1. The minimum Gasteiger partial charge on any atom is -0.390 e. The minimum atomic E-state index is -0.431. The van der Waals surface area contributed by atoms with Crippen LogP contribution in [0, 0.1) is 0 Å². The number of rotatable bonds is 7. The van der Waals surface area contributed by atoms with Crippen molar-refractivity contribution in [3.8, 4) is 0 Å². The van der Waals surface area contributed by atoms with E-state index in [9.17, 15) is 5.11 Å². The van der Waals surface area contributed by atoms with Crippen molar-refractivity contribution in [3.05, 3.63) is 0 Å². The van der Waals surface area contributed by atoms with Crippen molar-refractivity contribution >= 4 is 0 Å². The van der Waals surface area contributed by atoms with Gasteiger partial charge in [-0.3, -0.25) is 4.90 Å². The first kappa shape index (κ1) is 12.8. The Morgan fingerprint density at radius 2 is 2.15 bits per heavy atom. The zero-order chi connectivity index (χ0) is 10.3. The SMILES string of the molecule is CCN(CC(O)CN)C(C)COC. The molecule has 0 aliphatic heterocycles. The Bertz CT molecular complexity index is 122. The van der Waals surface area contributed by atoms with Gasteiger partial charge in [0.25, 0.3) is 0 Å². The van der Waals surface area contributed by atoms with E-state index >= 15 is 0 Å². The Balaban J connectivity index is 3.86. The molecule has 2 atom stereocenters. The average Bonchev–Trinajstić information content (AvgIpc) is 2.14. The summed E-state index contributed by atoms with van der Waals surface area (Å²) in [6, 6.07) is 0.330. The van der Waals surface area contributed by atoms with Crippen LogP contribution in [-0.2, 0) is 4.74 Å². The first-order valence-corrected chi connectivity index (χ1v) is 4.76. The summed E-state index contributed by atoms with van der Waals surface area (Å²) in [7, 11) is 1.68. The lowest BCUT2D eigenvalue weighted by Gasteiger charge is -2.28. The quantitative estimate of drug-likeness (QED) is 0.577. The monoisotopic (exact) mass is 190 g/mol. The van der Waals surface area contributed by atoms with E-state index in [0.717, 1.165) is 6.54 Å². The van der Waals surface area contributed by atoms with Gasteiger partial charge < -0.3 is 15.6 Å². The fourth-order valence-electron chi connectivity index (χ4n) is 1.31. The van der Waals surface area contributed by atoms with E-state index in [1.807, 2.05) is 0 Å². The summed E-state index contributed by atoms with van der Waals surface area (Å²) in [6.45, 7) is 6.67. The third kappa shape index (κ3) is 5.21. The molecule has 4 heteroatoms. The van der Waals surface area contributed by atoms with Crippen molar-refractivity contribution in [1.29, 1.82) is 0 Å². The van der Waals surface area contributed by atoms with Gasteiger partial charge in [-0.1, -0.05) is 6.92 Å². The lowest BCUT2D eigenvalue weighted by Crippen LogP contribution is -2.43. The van der Waals surface area contributed by atoms with Crippen LogP contribution >= 0.6 is 0 Å². The van der Waals surface area contributed by atoms with Gasteiger partial charge in [0, 0.05) is 26.2 Å². The summed E-state index contributed by atoms with van der Waals surface area (Å²) in [5.41, 5.74) is 5.34. The smallest absolute Gasteiger partial charge is 0.0789 e. The van der Waals surface area contributed by atoms with E-state index in [0.29, 0.717) is 25.7 Å². The summed E-state index contributed by atoms with van der Waals surface area (Å²) >= 11 is 0. The van der Waals surface area contributed by atoms with Crippen molar-refractivity contribution in [1.82, 2.24) is 4.90 Å². The van der Waals surface area contributed by atoms with E-state index in [1.54, 1.807) is 7.11 Å². The molecule has 0 heterocycles. The predicted octanol–water partition coefficient (Wildman–Crippen LogP) is -0.337. The second kappa shape index (κ2) is 7.26. The molecule has 0 radical (unpaired) electrons. The molecule has 2 unspecified atom stereocenters. The van der Waals surface area contributed by atoms with Crippen molar-refractivity contribution in [3.63, 3.8) is 0 Å². The van der Waals surface area contributed by atoms with Crippen molar-refractivity contribution in [2.45, 2.75) is 26.0 Å². The van der Waals surface area contributed by atoms with Gasteiger partial charge in [-0.15, -0.1) is 0 Å². The second-order valence-electron chi connectivity index (χ2n) is 3.28. The summed E-state index contributed by atoms with van der Waals surface area (Å²) < 4.78 is 5.05. The number of aliphatic hydroxyl groups excluding tert-OH is 1. The maximum Gasteiger partial charge on any atom is 0.0789 e. The molecule has 80 valence electrons. The van der Waals surface area contributed by atoms with E-state index < -0.39 is 6.10 Å². The zero-order valence-corrected chi connectivity index (χ0v) is 8.86. The number of nitrogens with zero attached hydrogens (tertiary/aromatic N) is 1. The Morgan fingerprint density at radius 3 is 2.54 bits per heavy atom. The third-order valence-electron chi connectivity index (χ3n) is 2.15. The molecule has 0 aromatic carbocycles. The Kier molecular flexibility index (Phi) is 7.17. The number of hydrogen-bond acceptors (Lipinski definition) is 4. The topological polar surface area (TPSA) is 58.7 Å². The zero-order valence-electron chi connectivity index (χ0n) is 8.86. The van der Waals surface area contributed by atoms with Crippen LogP contribution in [0.5, 0.6) is 0 Å². The van der Waals surface area contributed by atoms with Crippen LogP contribution in [0.3, 0.4) is 0 Å². The van der Waals surface area contributed by atoms with Gasteiger partial charge in [-0.2, -0.15) is 0 Å². The molecule has 13 heavy (non-hydrogen) atoms. The summed E-state index contributed by atoms with van der Waals surface area (Å²) in [5, 5.41) is 9.37. The first-order chi connectivity index (χ1) is 6.15. The third-order valence-corrected chi connectivity index (χ3v) is 2.15. The van der Waals surface area contributed by atoms with Crippen molar-refractivity contribution in [2.75, 3.05) is 33.4 Å². The lowest BCUT2D eigenvalue weighted by atomic mass is 10.2. The lowest BCUT2D eigenvalue weighted by molar-refractivity contribution is 0.0616. The molecular weight excluding hydrogens is 168 g/mol. The standard InChI is InChI=1S/C9H22N2O2/c1-4-11(6-9(12)5-10)8(2)7-13-3/h8-9,12H,4-7,10H2,1-3H3. The molecule has 4 nitrogen and oxygen atoms in total. The molecule has 0 aromatic rings. The Morgan fingerprint density at radius 1 is 1.54 bits per heavy atom. The van der Waals surface area contributed by atoms with E-state index in [4.69, 9.17) is 10.5 Å². The van der Waals surface area contributed by atoms with Crippen molar-refractivity contribution in [2.24, 2.45) is 5.73 Å². The summed E-state index contributed by atoms with van der Waals surface area (Å²) in [5.74, 6) is 0. The van der Waals surface area contributed by atoms with Gasteiger partial charge in [0.15, 0.2) is 0 Å². The van der Waals surface area contributed by atoms with Gasteiger partial charge in [0.05, 0.1) is 12.7 Å². The van der Waals surface area contributed by atoms with Crippen LogP contribution in [0.25, 0.3) is 0 Å². The minimum absolute atomic E-state index is 0.316. The van der Waals surface area contributed by atoms with Crippen LogP contribution in [0.2, 0.25) is 0 Å². The fraction of sp³-hybridized carbons (Fsp3) is 1.00.